The van der Waals surface area contributed by atoms with E-state index in [4.69, 9.17) is 25.8 Å². The SMILES string of the molecule is COc1cc(NC(=O)C2CN(S(C)(=O)=O)c3cc(C(C)(C)C)ccc3O2)c(OC)cc1Cl. The van der Waals surface area contributed by atoms with Crippen molar-refractivity contribution in [3.63, 3.8) is 0 Å². The minimum Gasteiger partial charge on any atom is -0.495 e. The average molecular weight is 483 g/mol. The lowest BCUT2D eigenvalue weighted by molar-refractivity contribution is -0.122. The number of hydrogen-bond donors (Lipinski definition) is 1. The van der Waals surface area contributed by atoms with E-state index in [1.165, 1.54) is 30.7 Å². The first kappa shape index (κ1) is 24.0. The fourth-order valence-electron chi connectivity index (χ4n) is 3.34. The normalized spacial score (nSPS) is 16.1. The van der Waals surface area contributed by atoms with Crippen LogP contribution in [-0.4, -0.2) is 47.4 Å². The zero-order valence-electron chi connectivity index (χ0n) is 18.9. The Kier molecular flexibility index (Phi) is 6.53. The monoisotopic (exact) mass is 482 g/mol. The van der Waals surface area contributed by atoms with Gasteiger partial charge in [0.1, 0.15) is 17.2 Å². The third-order valence-electron chi connectivity index (χ3n) is 5.12. The summed E-state index contributed by atoms with van der Waals surface area (Å²) in [7, 11) is -0.760. The number of fused-ring (bicyclic) bond motifs is 1. The summed E-state index contributed by atoms with van der Waals surface area (Å²) in [6.45, 7) is 5.94. The van der Waals surface area contributed by atoms with Gasteiger partial charge < -0.3 is 19.5 Å². The molecular formula is C22H27ClN2O6S. The van der Waals surface area contributed by atoms with E-state index in [9.17, 15) is 13.2 Å². The second-order valence-electron chi connectivity index (χ2n) is 8.51. The van der Waals surface area contributed by atoms with Crippen LogP contribution in [0, 0.1) is 0 Å². The van der Waals surface area contributed by atoms with Gasteiger partial charge in [-0.15, -0.1) is 0 Å². The van der Waals surface area contributed by atoms with Gasteiger partial charge in [-0.05, 0) is 23.1 Å². The Morgan fingerprint density at radius 2 is 1.81 bits per heavy atom. The van der Waals surface area contributed by atoms with Crippen molar-refractivity contribution in [2.45, 2.75) is 32.3 Å². The summed E-state index contributed by atoms with van der Waals surface area (Å²) < 4.78 is 42.7. The van der Waals surface area contributed by atoms with E-state index in [-0.39, 0.29) is 12.0 Å². The largest absolute Gasteiger partial charge is 0.495 e. The topological polar surface area (TPSA) is 94.2 Å². The maximum absolute atomic E-state index is 13.0. The first-order valence-corrected chi connectivity index (χ1v) is 12.1. The molecule has 0 bridgehead atoms. The molecule has 2 aromatic rings. The summed E-state index contributed by atoms with van der Waals surface area (Å²) in [4.78, 5) is 13.0. The molecule has 1 unspecified atom stereocenters. The van der Waals surface area contributed by atoms with E-state index in [1.54, 1.807) is 12.1 Å². The Bertz CT molecular complexity index is 1140. The van der Waals surface area contributed by atoms with Gasteiger partial charge in [-0.2, -0.15) is 0 Å². The average Bonchev–Trinajstić information content (AvgIpc) is 2.71. The molecule has 8 nitrogen and oxygen atoms in total. The third kappa shape index (κ3) is 4.88. The number of halogens is 1. The molecule has 174 valence electrons. The van der Waals surface area contributed by atoms with Gasteiger partial charge in [0.15, 0.2) is 6.10 Å². The third-order valence-corrected chi connectivity index (χ3v) is 6.56. The molecule has 0 spiro atoms. The molecule has 0 saturated heterocycles. The van der Waals surface area contributed by atoms with Crippen molar-refractivity contribution in [1.29, 1.82) is 0 Å². The van der Waals surface area contributed by atoms with Crippen LogP contribution in [0.3, 0.4) is 0 Å². The van der Waals surface area contributed by atoms with E-state index in [2.05, 4.69) is 5.32 Å². The highest BCUT2D eigenvalue weighted by atomic mass is 35.5. The van der Waals surface area contributed by atoms with Crippen molar-refractivity contribution >= 4 is 38.9 Å². The number of sulfonamides is 1. The Labute approximate surface area is 193 Å². The number of benzene rings is 2. The second-order valence-corrected chi connectivity index (χ2v) is 10.8. The van der Waals surface area contributed by atoms with Gasteiger partial charge in [0, 0.05) is 12.1 Å². The number of amides is 1. The molecule has 1 aliphatic rings. The summed E-state index contributed by atoms with van der Waals surface area (Å²) in [6, 6.07) is 8.40. The zero-order chi connectivity index (χ0) is 23.8. The molecule has 1 amide bonds. The summed E-state index contributed by atoms with van der Waals surface area (Å²) in [5, 5.41) is 3.04. The number of anilines is 2. The Hall–Kier alpha value is -2.65. The highest BCUT2D eigenvalue weighted by molar-refractivity contribution is 7.92. The van der Waals surface area contributed by atoms with Gasteiger partial charge in [-0.1, -0.05) is 38.4 Å². The summed E-state index contributed by atoms with van der Waals surface area (Å²) in [6.07, 6.45) is 0.0255. The van der Waals surface area contributed by atoms with Crippen LogP contribution in [0.15, 0.2) is 30.3 Å². The van der Waals surface area contributed by atoms with Crippen LogP contribution in [0.2, 0.25) is 5.02 Å². The number of methoxy groups -OCH3 is 2. The predicted octanol–water partition coefficient (Wildman–Crippen LogP) is 3.82. The van der Waals surface area contributed by atoms with E-state index < -0.39 is 22.0 Å². The number of carbonyl (C=O) groups excluding carboxylic acids is 1. The van der Waals surface area contributed by atoms with Crippen LogP contribution >= 0.6 is 11.6 Å². The Morgan fingerprint density at radius 3 is 2.38 bits per heavy atom. The maximum Gasteiger partial charge on any atom is 0.267 e. The maximum atomic E-state index is 13.0. The Morgan fingerprint density at radius 1 is 1.16 bits per heavy atom. The molecule has 2 aromatic carbocycles. The Balaban J connectivity index is 1.95. The van der Waals surface area contributed by atoms with Crippen LogP contribution < -0.4 is 23.8 Å². The molecule has 0 saturated carbocycles. The van der Waals surface area contributed by atoms with Crippen LogP contribution in [-0.2, 0) is 20.2 Å². The van der Waals surface area contributed by atoms with E-state index >= 15 is 0 Å². The number of ether oxygens (including phenoxy) is 3. The van der Waals surface area contributed by atoms with Crippen LogP contribution in [0.1, 0.15) is 26.3 Å². The minimum atomic E-state index is -3.66. The zero-order valence-corrected chi connectivity index (χ0v) is 20.4. The molecule has 3 rings (SSSR count). The summed E-state index contributed by atoms with van der Waals surface area (Å²) in [5.74, 6) is 0.461. The number of rotatable bonds is 5. The number of nitrogens with one attached hydrogen (secondary N) is 1. The predicted molar refractivity (Wildman–Crippen MR) is 125 cm³/mol. The highest BCUT2D eigenvalue weighted by Gasteiger charge is 2.36. The molecule has 1 atom stereocenters. The van der Waals surface area contributed by atoms with E-state index in [1.807, 2.05) is 26.8 Å². The quantitative estimate of drug-likeness (QED) is 0.696. The molecule has 1 heterocycles. The van der Waals surface area contributed by atoms with Gasteiger partial charge in [-0.25, -0.2) is 8.42 Å². The molecule has 0 radical (unpaired) electrons. The van der Waals surface area contributed by atoms with E-state index in [0.717, 1.165) is 11.8 Å². The minimum absolute atomic E-state index is 0.168. The molecule has 1 N–H and O–H groups in total. The van der Waals surface area contributed by atoms with Gasteiger partial charge in [0.05, 0.1) is 43.4 Å². The van der Waals surface area contributed by atoms with Crippen molar-refractivity contribution in [2.75, 3.05) is 36.6 Å². The number of nitrogens with zero attached hydrogens (tertiary/aromatic N) is 1. The lowest BCUT2D eigenvalue weighted by Crippen LogP contribution is -2.48. The van der Waals surface area contributed by atoms with Crippen LogP contribution in [0.4, 0.5) is 11.4 Å². The fraction of sp³-hybridized carbons (Fsp3) is 0.409. The molecule has 10 heteroatoms. The van der Waals surface area contributed by atoms with Crippen molar-refractivity contribution in [3.05, 3.63) is 40.9 Å². The molecule has 0 fully saturated rings. The molecule has 1 aliphatic heterocycles. The van der Waals surface area contributed by atoms with Crippen molar-refractivity contribution in [2.24, 2.45) is 0 Å². The smallest absolute Gasteiger partial charge is 0.267 e. The lowest BCUT2D eigenvalue weighted by atomic mass is 9.86. The number of hydrogen-bond acceptors (Lipinski definition) is 6. The van der Waals surface area contributed by atoms with E-state index in [0.29, 0.717) is 33.6 Å². The number of carbonyl (C=O) groups is 1. The highest BCUT2D eigenvalue weighted by Crippen LogP contribution is 2.40. The standard InChI is InChI=1S/C22H27ClN2O6S/c1-22(2,3)13-7-8-17-16(9-13)25(32(6,27)28)12-20(31-17)21(26)24-15-11-18(29-4)14(23)10-19(15)30-5/h7-11,20H,12H2,1-6H3,(H,24,26). The summed E-state index contributed by atoms with van der Waals surface area (Å²) in [5.41, 5.74) is 1.50. The first-order valence-electron chi connectivity index (χ1n) is 9.86. The van der Waals surface area contributed by atoms with Gasteiger partial charge in [-0.3, -0.25) is 9.10 Å². The van der Waals surface area contributed by atoms with Crippen molar-refractivity contribution in [3.8, 4) is 17.2 Å². The first-order chi connectivity index (χ1) is 14.8. The van der Waals surface area contributed by atoms with Gasteiger partial charge >= 0.3 is 0 Å². The van der Waals surface area contributed by atoms with Crippen molar-refractivity contribution < 1.29 is 27.4 Å². The fourth-order valence-corrected chi connectivity index (χ4v) is 4.48. The van der Waals surface area contributed by atoms with Gasteiger partial charge in [0.2, 0.25) is 10.0 Å². The van der Waals surface area contributed by atoms with Crippen molar-refractivity contribution in [1.82, 2.24) is 0 Å². The van der Waals surface area contributed by atoms with Crippen LogP contribution in [0.25, 0.3) is 0 Å². The molecule has 0 aromatic heterocycles. The summed E-state index contributed by atoms with van der Waals surface area (Å²) >= 11 is 6.12. The van der Waals surface area contributed by atoms with Gasteiger partial charge in [0.25, 0.3) is 5.91 Å². The molecule has 32 heavy (non-hydrogen) atoms. The molecular weight excluding hydrogens is 456 g/mol. The molecule has 0 aliphatic carbocycles. The van der Waals surface area contributed by atoms with Crippen LogP contribution in [0.5, 0.6) is 17.2 Å². The lowest BCUT2D eigenvalue weighted by Gasteiger charge is -2.35. The second kappa shape index (κ2) is 8.71.